The van der Waals surface area contributed by atoms with Gasteiger partial charge >= 0.3 is 0 Å². The maximum atomic E-state index is 12.4. The smallest absolute Gasteiger partial charge is 0.236 e. The molecular formula is C18H30N6O. The highest BCUT2D eigenvalue weighted by Crippen LogP contribution is 2.17. The second-order valence-corrected chi connectivity index (χ2v) is 7.27. The van der Waals surface area contributed by atoms with Crippen LogP contribution in [0.1, 0.15) is 25.0 Å². The Hall–Kier alpha value is -1.89. The molecule has 7 nitrogen and oxygen atoms in total. The zero-order valence-corrected chi connectivity index (χ0v) is 15.7. The molecule has 25 heavy (non-hydrogen) atoms. The molecule has 3 rings (SSSR count). The van der Waals surface area contributed by atoms with E-state index in [2.05, 4.69) is 19.8 Å². The van der Waals surface area contributed by atoms with Crippen molar-refractivity contribution in [3.63, 3.8) is 0 Å². The molecule has 138 valence electrons. The Morgan fingerprint density at radius 2 is 1.72 bits per heavy atom. The molecule has 0 aliphatic carbocycles. The van der Waals surface area contributed by atoms with Crippen molar-refractivity contribution in [3.05, 3.63) is 11.8 Å². The minimum absolute atomic E-state index is 0.287. The van der Waals surface area contributed by atoms with Crippen LogP contribution in [0.2, 0.25) is 0 Å². The molecule has 2 saturated heterocycles. The molecule has 1 aromatic heterocycles. The molecule has 0 saturated carbocycles. The van der Waals surface area contributed by atoms with Crippen molar-refractivity contribution in [1.82, 2.24) is 19.8 Å². The van der Waals surface area contributed by atoms with Crippen molar-refractivity contribution in [3.8, 4) is 0 Å². The Balaban J connectivity index is 1.54. The van der Waals surface area contributed by atoms with E-state index in [4.69, 9.17) is 0 Å². The summed E-state index contributed by atoms with van der Waals surface area (Å²) in [6.07, 6.45) is 3.56. The number of piperazine rings is 1. The number of hydrogen-bond acceptors (Lipinski definition) is 6. The lowest BCUT2D eigenvalue weighted by atomic mass is 10.1. The molecule has 0 bridgehead atoms. The van der Waals surface area contributed by atoms with E-state index in [9.17, 15) is 4.79 Å². The standard InChI is InChI=1S/C18H30N6O/c1-15-13-16(21(2)3)20-18(19-15)24-11-9-22(10-12-24)14-17(25)23-7-5-4-6-8-23/h13H,4-12,14H2,1-3H3. The van der Waals surface area contributed by atoms with Crippen LogP contribution in [0.3, 0.4) is 0 Å². The molecule has 0 radical (unpaired) electrons. The van der Waals surface area contributed by atoms with Gasteiger partial charge in [-0.25, -0.2) is 4.98 Å². The molecule has 1 aromatic rings. The van der Waals surface area contributed by atoms with Crippen LogP contribution in [0.15, 0.2) is 6.07 Å². The third-order valence-corrected chi connectivity index (χ3v) is 5.01. The van der Waals surface area contributed by atoms with Gasteiger partial charge in [0.1, 0.15) is 5.82 Å². The lowest BCUT2D eigenvalue weighted by Gasteiger charge is -2.36. The Labute approximate surface area is 150 Å². The van der Waals surface area contributed by atoms with E-state index in [0.717, 1.165) is 69.6 Å². The quantitative estimate of drug-likeness (QED) is 0.810. The van der Waals surface area contributed by atoms with Crippen LogP contribution in [0.4, 0.5) is 11.8 Å². The summed E-state index contributed by atoms with van der Waals surface area (Å²) in [5, 5.41) is 0. The van der Waals surface area contributed by atoms with Crippen LogP contribution in [0.25, 0.3) is 0 Å². The Kier molecular flexibility index (Phi) is 5.73. The summed E-state index contributed by atoms with van der Waals surface area (Å²) in [4.78, 5) is 30.2. The van der Waals surface area contributed by atoms with E-state index < -0.39 is 0 Å². The number of anilines is 2. The number of piperidine rings is 1. The van der Waals surface area contributed by atoms with Crippen molar-refractivity contribution in [2.24, 2.45) is 0 Å². The van der Waals surface area contributed by atoms with Crippen LogP contribution in [-0.4, -0.2) is 85.6 Å². The summed E-state index contributed by atoms with van der Waals surface area (Å²) in [6.45, 7) is 7.92. The predicted octanol–water partition coefficient (Wildman–Crippen LogP) is 0.986. The lowest BCUT2D eigenvalue weighted by Crippen LogP contribution is -2.51. The molecule has 7 heteroatoms. The molecule has 0 N–H and O–H groups in total. The number of nitrogens with zero attached hydrogens (tertiary/aromatic N) is 6. The first-order valence-electron chi connectivity index (χ1n) is 9.31. The van der Waals surface area contributed by atoms with Gasteiger partial charge in [-0.05, 0) is 26.2 Å². The van der Waals surface area contributed by atoms with Crippen molar-refractivity contribution in [2.45, 2.75) is 26.2 Å². The molecule has 0 spiro atoms. The summed E-state index contributed by atoms with van der Waals surface area (Å²) < 4.78 is 0. The van der Waals surface area contributed by atoms with Crippen LogP contribution in [0.5, 0.6) is 0 Å². The van der Waals surface area contributed by atoms with Crippen LogP contribution in [-0.2, 0) is 4.79 Å². The topological polar surface area (TPSA) is 55.8 Å². The van der Waals surface area contributed by atoms with E-state index in [-0.39, 0.29) is 5.91 Å². The Morgan fingerprint density at radius 1 is 1.04 bits per heavy atom. The Bertz CT molecular complexity index is 591. The van der Waals surface area contributed by atoms with Gasteiger partial charge in [-0.15, -0.1) is 0 Å². The molecule has 2 aliphatic heterocycles. The van der Waals surface area contributed by atoms with Gasteiger partial charge in [0.05, 0.1) is 6.54 Å². The summed E-state index contributed by atoms with van der Waals surface area (Å²) in [5.41, 5.74) is 0.983. The number of amides is 1. The molecule has 2 fully saturated rings. The highest BCUT2D eigenvalue weighted by Gasteiger charge is 2.24. The van der Waals surface area contributed by atoms with E-state index >= 15 is 0 Å². The SMILES string of the molecule is Cc1cc(N(C)C)nc(N2CCN(CC(=O)N3CCCCC3)CC2)n1. The van der Waals surface area contributed by atoms with Crippen molar-refractivity contribution in [1.29, 1.82) is 0 Å². The van der Waals surface area contributed by atoms with Crippen molar-refractivity contribution in [2.75, 3.05) is 69.7 Å². The van der Waals surface area contributed by atoms with Crippen molar-refractivity contribution >= 4 is 17.7 Å². The summed E-state index contributed by atoms with van der Waals surface area (Å²) in [6, 6.07) is 2.00. The van der Waals surface area contributed by atoms with Gasteiger partial charge in [0.25, 0.3) is 0 Å². The van der Waals surface area contributed by atoms with Gasteiger partial charge in [0.15, 0.2) is 0 Å². The number of likely N-dealkylation sites (tertiary alicyclic amines) is 1. The zero-order chi connectivity index (χ0) is 17.8. The van der Waals surface area contributed by atoms with Gasteiger partial charge in [-0.3, -0.25) is 9.69 Å². The van der Waals surface area contributed by atoms with E-state index in [1.54, 1.807) is 0 Å². The zero-order valence-electron chi connectivity index (χ0n) is 15.7. The monoisotopic (exact) mass is 346 g/mol. The van der Waals surface area contributed by atoms with Crippen LogP contribution in [0, 0.1) is 6.92 Å². The third kappa shape index (κ3) is 4.60. The highest BCUT2D eigenvalue weighted by molar-refractivity contribution is 5.78. The average Bonchev–Trinajstić information content (AvgIpc) is 2.62. The Morgan fingerprint density at radius 3 is 2.36 bits per heavy atom. The fourth-order valence-electron chi connectivity index (χ4n) is 3.45. The van der Waals surface area contributed by atoms with Gasteiger partial charge in [0.2, 0.25) is 11.9 Å². The first-order valence-corrected chi connectivity index (χ1v) is 9.31. The van der Waals surface area contributed by atoms with Gasteiger partial charge in [-0.1, -0.05) is 0 Å². The average molecular weight is 346 g/mol. The lowest BCUT2D eigenvalue weighted by molar-refractivity contribution is -0.133. The number of aryl methyl sites for hydroxylation is 1. The molecule has 3 heterocycles. The highest BCUT2D eigenvalue weighted by atomic mass is 16.2. The largest absolute Gasteiger partial charge is 0.363 e. The molecular weight excluding hydrogens is 316 g/mol. The normalized spacial score (nSPS) is 19.2. The number of carbonyl (C=O) groups is 1. The summed E-state index contributed by atoms with van der Waals surface area (Å²) in [5.74, 6) is 2.02. The van der Waals surface area contributed by atoms with E-state index in [1.165, 1.54) is 6.42 Å². The predicted molar refractivity (Wildman–Crippen MR) is 100 cm³/mol. The fraction of sp³-hybridized carbons (Fsp3) is 0.722. The van der Waals surface area contributed by atoms with Crippen molar-refractivity contribution < 1.29 is 4.79 Å². The first-order chi connectivity index (χ1) is 12.0. The molecule has 1 amide bonds. The fourth-order valence-corrected chi connectivity index (χ4v) is 3.45. The van der Waals surface area contributed by atoms with E-state index in [1.807, 2.05) is 36.9 Å². The second kappa shape index (κ2) is 7.99. The molecule has 0 atom stereocenters. The van der Waals surface area contributed by atoms with E-state index in [0.29, 0.717) is 6.54 Å². The maximum Gasteiger partial charge on any atom is 0.236 e. The summed E-state index contributed by atoms with van der Waals surface area (Å²) >= 11 is 0. The summed E-state index contributed by atoms with van der Waals surface area (Å²) in [7, 11) is 3.99. The van der Waals surface area contributed by atoms with Gasteiger partial charge in [0, 0.05) is 65.1 Å². The first kappa shape index (κ1) is 17.9. The second-order valence-electron chi connectivity index (χ2n) is 7.27. The minimum Gasteiger partial charge on any atom is -0.363 e. The van der Waals surface area contributed by atoms with Crippen LogP contribution < -0.4 is 9.80 Å². The molecule has 2 aliphatic rings. The number of hydrogen-bond donors (Lipinski definition) is 0. The number of carbonyl (C=O) groups excluding carboxylic acids is 1. The van der Waals surface area contributed by atoms with Gasteiger partial charge in [-0.2, -0.15) is 4.98 Å². The minimum atomic E-state index is 0.287. The van der Waals surface area contributed by atoms with Crippen LogP contribution >= 0.6 is 0 Å². The number of rotatable bonds is 4. The third-order valence-electron chi connectivity index (χ3n) is 5.01. The molecule has 0 aromatic carbocycles. The number of aromatic nitrogens is 2. The maximum absolute atomic E-state index is 12.4. The van der Waals surface area contributed by atoms with Gasteiger partial charge < -0.3 is 14.7 Å². The molecule has 0 unspecified atom stereocenters.